The van der Waals surface area contributed by atoms with Crippen molar-refractivity contribution in [3.8, 4) is 0 Å². The summed E-state index contributed by atoms with van der Waals surface area (Å²) in [5, 5.41) is 5.66. The number of benzene rings is 3. The maximum atomic E-state index is 12.4. The van der Waals surface area contributed by atoms with Gasteiger partial charge < -0.3 is 10.6 Å². The van der Waals surface area contributed by atoms with E-state index in [0.717, 1.165) is 5.69 Å². The molecular weight excluding hydrogens is 331 g/mol. The highest BCUT2D eigenvalue weighted by Crippen LogP contribution is 2.25. The lowest BCUT2D eigenvalue weighted by Gasteiger charge is -2.12. The predicted octanol–water partition coefficient (Wildman–Crippen LogP) is 4.57. The molecule has 3 aromatic carbocycles. The molecule has 0 atom stereocenters. The normalized spacial score (nSPS) is 10.2. The average Bonchev–Trinajstić information content (AvgIpc) is 2.70. The minimum atomic E-state index is -1.08. The number of alkyl halides is 1. The summed E-state index contributed by atoms with van der Waals surface area (Å²) in [6.07, 6.45) is 0. The second-order valence-electron chi connectivity index (χ2n) is 5.62. The number of hydrogen-bond donors (Lipinski definition) is 2. The van der Waals surface area contributed by atoms with E-state index in [1.54, 1.807) is 60.7 Å². The Morgan fingerprint density at radius 3 is 1.96 bits per heavy atom. The Balaban J connectivity index is 1.76. The van der Waals surface area contributed by atoms with E-state index in [4.69, 9.17) is 0 Å². The first-order valence-corrected chi connectivity index (χ1v) is 8.09. The van der Waals surface area contributed by atoms with Crippen molar-refractivity contribution in [3.05, 3.63) is 90.0 Å². The Labute approximate surface area is 150 Å². The first-order chi connectivity index (χ1) is 12.7. The molecule has 3 aromatic rings. The molecule has 5 heteroatoms. The molecule has 26 heavy (non-hydrogen) atoms. The van der Waals surface area contributed by atoms with Crippen LogP contribution in [0, 0.1) is 0 Å². The summed E-state index contributed by atoms with van der Waals surface area (Å²) in [7, 11) is 0. The monoisotopic (exact) mass is 348 g/mol. The Morgan fingerprint density at radius 2 is 1.31 bits per heavy atom. The van der Waals surface area contributed by atoms with Crippen LogP contribution in [0.25, 0.3) is 0 Å². The van der Waals surface area contributed by atoms with Crippen LogP contribution in [0.2, 0.25) is 0 Å². The molecule has 4 nitrogen and oxygen atoms in total. The van der Waals surface area contributed by atoms with Gasteiger partial charge in [0.1, 0.15) is 0 Å². The van der Waals surface area contributed by atoms with Crippen molar-refractivity contribution in [2.45, 2.75) is 0 Å². The summed E-state index contributed by atoms with van der Waals surface area (Å²) in [4.78, 5) is 23.7. The number of hydrogen-bond acceptors (Lipinski definition) is 3. The molecule has 0 bridgehead atoms. The van der Waals surface area contributed by atoms with Crippen LogP contribution in [-0.2, 0) is 4.79 Å². The standard InChI is InChI=1S/C21H17FN2O2/c22-14-20(25)24-19-9-5-4-8-18(19)23-17-12-10-16(11-13-17)21(26)15-6-2-1-3-7-15/h1-13,23H,14H2,(H,24,25). The average molecular weight is 348 g/mol. The van der Waals surface area contributed by atoms with Crippen molar-refractivity contribution in [2.24, 2.45) is 0 Å². The number of nitrogens with one attached hydrogen (secondary N) is 2. The van der Waals surface area contributed by atoms with E-state index in [1.165, 1.54) is 0 Å². The number of carbonyl (C=O) groups is 2. The van der Waals surface area contributed by atoms with Crippen LogP contribution in [0.15, 0.2) is 78.9 Å². The second-order valence-corrected chi connectivity index (χ2v) is 5.62. The van der Waals surface area contributed by atoms with Gasteiger partial charge in [-0.3, -0.25) is 9.59 Å². The number of anilines is 3. The third-order valence-corrected chi connectivity index (χ3v) is 3.78. The minimum Gasteiger partial charge on any atom is -0.354 e. The van der Waals surface area contributed by atoms with Crippen LogP contribution in [0.4, 0.5) is 21.5 Å². The van der Waals surface area contributed by atoms with E-state index in [9.17, 15) is 14.0 Å². The molecule has 0 aliphatic rings. The second kappa shape index (κ2) is 8.07. The zero-order valence-corrected chi connectivity index (χ0v) is 13.9. The van der Waals surface area contributed by atoms with Crippen molar-refractivity contribution < 1.29 is 14.0 Å². The van der Waals surface area contributed by atoms with E-state index in [1.807, 2.05) is 18.2 Å². The van der Waals surface area contributed by atoms with Gasteiger partial charge in [-0.05, 0) is 36.4 Å². The van der Waals surface area contributed by atoms with Crippen molar-refractivity contribution >= 4 is 28.8 Å². The summed E-state index contributed by atoms with van der Waals surface area (Å²) in [5.41, 5.74) is 3.08. The van der Waals surface area contributed by atoms with Gasteiger partial charge >= 0.3 is 0 Å². The van der Waals surface area contributed by atoms with E-state index >= 15 is 0 Å². The van der Waals surface area contributed by atoms with Gasteiger partial charge in [-0.2, -0.15) is 0 Å². The maximum absolute atomic E-state index is 12.4. The summed E-state index contributed by atoms with van der Waals surface area (Å²) >= 11 is 0. The van der Waals surface area contributed by atoms with Gasteiger partial charge in [0, 0.05) is 16.8 Å². The van der Waals surface area contributed by atoms with Crippen LogP contribution in [0.1, 0.15) is 15.9 Å². The topological polar surface area (TPSA) is 58.2 Å². The number of rotatable bonds is 6. The predicted molar refractivity (Wildman–Crippen MR) is 101 cm³/mol. The Morgan fingerprint density at radius 1 is 0.731 bits per heavy atom. The van der Waals surface area contributed by atoms with Crippen molar-refractivity contribution in [1.29, 1.82) is 0 Å². The smallest absolute Gasteiger partial charge is 0.255 e. The third-order valence-electron chi connectivity index (χ3n) is 3.78. The summed E-state index contributed by atoms with van der Waals surface area (Å²) in [6.45, 7) is -1.08. The van der Waals surface area contributed by atoms with E-state index in [2.05, 4.69) is 10.6 Å². The Kier molecular flexibility index (Phi) is 5.39. The molecule has 0 aliphatic carbocycles. The number of halogens is 1. The fourth-order valence-corrected chi connectivity index (χ4v) is 2.50. The molecule has 0 aromatic heterocycles. The van der Waals surface area contributed by atoms with Crippen LogP contribution >= 0.6 is 0 Å². The molecule has 0 saturated carbocycles. The number of ketones is 1. The molecule has 0 radical (unpaired) electrons. The van der Waals surface area contributed by atoms with Crippen LogP contribution in [0.5, 0.6) is 0 Å². The lowest BCUT2D eigenvalue weighted by Crippen LogP contribution is -2.14. The number of para-hydroxylation sites is 2. The molecule has 0 aliphatic heterocycles. The lowest BCUT2D eigenvalue weighted by molar-refractivity contribution is -0.117. The maximum Gasteiger partial charge on any atom is 0.255 e. The van der Waals surface area contributed by atoms with E-state index in [0.29, 0.717) is 22.5 Å². The summed E-state index contributed by atoms with van der Waals surface area (Å²) < 4.78 is 12.4. The van der Waals surface area contributed by atoms with Gasteiger partial charge in [0.05, 0.1) is 11.4 Å². The first kappa shape index (κ1) is 17.4. The van der Waals surface area contributed by atoms with Crippen LogP contribution < -0.4 is 10.6 Å². The highest BCUT2D eigenvalue weighted by Gasteiger charge is 2.09. The highest BCUT2D eigenvalue weighted by atomic mass is 19.1. The SMILES string of the molecule is O=C(CF)Nc1ccccc1Nc1ccc(C(=O)c2ccccc2)cc1. The van der Waals surface area contributed by atoms with Gasteiger partial charge in [0.15, 0.2) is 12.5 Å². The van der Waals surface area contributed by atoms with Crippen molar-refractivity contribution in [3.63, 3.8) is 0 Å². The van der Waals surface area contributed by atoms with Crippen LogP contribution in [-0.4, -0.2) is 18.4 Å². The van der Waals surface area contributed by atoms with Crippen molar-refractivity contribution in [2.75, 3.05) is 17.3 Å². The highest BCUT2D eigenvalue weighted by molar-refractivity contribution is 6.09. The van der Waals surface area contributed by atoms with Gasteiger partial charge in [-0.15, -0.1) is 0 Å². The third kappa shape index (κ3) is 4.13. The van der Waals surface area contributed by atoms with Crippen LogP contribution in [0.3, 0.4) is 0 Å². The minimum absolute atomic E-state index is 0.0484. The summed E-state index contributed by atoms with van der Waals surface area (Å²) in [6, 6.07) is 23.1. The van der Waals surface area contributed by atoms with Gasteiger partial charge in [0.25, 0.3) is 5.91 Å². The quantitative estimate of drug-likeness (QED) is 0.642. The Hall–Kier alpha value is -3.47. The van der Waals surface area contributed by atoms with Crippen molar-refractivity contribution in [1.82, 2.24) is 0 Å². The van der Waals surface area contributed by atoms with Gasteiger partial charge in [-0.25, -0.2) is 4.39 Å². The fraction of sp³-hybridized carbons (Fsp3) is 0.0476. The summed E-state index contributed by atoms with van der Waals surface area (Å²) in [5.74, 6) is -0.754. The lowest BCUT2D eigenvalue weighted by atomic mass is 10.0. The molecule has 3 rings (SSSR count). The largest absolute Gasteiger partial charge is 0.354 e. The molecule has 0 spiro atoms. The zero-order valence-electron chi connectivity index (χ0n) is 13.9. The van der Waals surface area contributed by atoms with E-state index in [-0.39, 0.29) is 5.78 Å². The fourth-order valence-electron chi connectivity index (χ4n) is 2.50. The molecule has 0 unspecified atom stereocenters. The molecule has 130 valence electrons. The Bertz CT molecular complexity index is 909. The zero-order chi connectivity index (χ0) is 18.4. The number of amides is 1. The van der Waals surface area contributed by atoms with E-state index < -0.39 is 12.6 Å². The van der Waals surface area contributed by atoms with Gasteiger partial charge in [-0.1, -0.05) is 42.5 Å². The first-order valence-electron chi connectivity index (χ1n) is 8.09. The number of carbonyl (C=O) groups excluding carboxylic acids is 2. The molecule has 0 fully saturated rings. The molecule has 0 saturated heterocycles. The molecule has 2 N–H and O–H groups in total. The molecule has 1 amide bonds. The molecular formula is C21H17FN2O2. The van der Waals surface area contributed by atoms with Gasteiger partial charge in [0.2, 0.25) is 0 Å². The molecule has 0 heterocycles.